The summed E-state index contributed by atoms with van der Waals surface area (Å²) in [5.74, 6) is 0.0291. The van der Waals surface area contributed by atoms with Crippen molar-refractivity contribution in [3.8, 4) is 0 Å². The molecular formula is C16H25F3N4O3. The van der Waals surface area contributed by atoms with Crippen LogP contribution in [0.3, 0.4) is 0 Å². The van der Waals surface area contributed by atoms with Gasteiger partial charge in [0, 0.05) is 45.7 Å². The van der Waals surface area contributed by atoms with Crippen LogP contribution in [0, 0.1) is 5.41 Å². The smallest absolute Gasteiger partial charge is 0.379 e. The highest BCUT2D eigenvalue weighted by molar-refractivity contribution is 5.79. The van der Waals surface area contributed by atoms with Crippen LogP contribution in [-0.4, -0.2) is 86.4 Å². The Bertz CT molecular complexity index is 529. The average Bonchev–Trinajstić information content (AvgIpc) is 2.95. The van der Waals surface area contributed by atoms with Gasteiger partial charge in [-0.25, -0.2) is 4.79 Å². The normalized spacial score (nSPS) is 25.2. The van der Waals surface area contributed by atoms with Crippen molar-refractivity contribution < 1.29 is 27.5 Å². The summed E-state index contributed by atoms with van der Waals surface area (Å²) in [6.07, 6.45) is -2.57. The second-order valence-electron chi connectivity index (χ2n) is 7.33. The van der Waals surface area contributed by atoms with E-state index in [-0.39, 0.29) is 37.6 Å². The van der Waals surface area contributed by atoms with E-state index in [2.05, 4.69) is 10.6 Å². The van der Waals surface area contributed by atoms with Crippen molar-refractivity contribution in [2.45, 2.75) is 31.5 Å². The maximum Gasteiger partial charge on any atom is 0.405 e. The molecule has 0 radical (unpaired) electrons. The van der Waals surface area contributed by atoms with E-state index in [0.29, 0.717) is 38.9 Å². The van der Waals surface area contributed by atoms with Crippen molar-refractivity contribution in [1.29, 1.82) is 0 Å². The van der Waals surface area contributed by atoms with Crippen molar-refractivity contribution in [3.05, 3.63) is 0 Å². The van der Waals surface area contributed by atoms with Gasteiger partial charge in [0.05, 0.1) is 13.2 Å². The van der Waals surface area contributed by atoms with E-state index < -0.39 is 24.8 Å². The Hall–Kier alpha value is -1.55. The van der Waals surface area contributed by atoms with Gasteiger partial charge < -0.3 is 20.3 Å². The molecule has 0 aromatic carbocycles. The van der Waals surface area contributed by atoms with Gasteiger partial charge in [0.1, 0.15) is 6.04 Å². The Labute approximate surface area is 150 Å². The number of amides is 3. The number of rotatable bonds is 3. The lowest BCUT2D eigenvalue weighted by atomic mass is 9.78. The van der Waals surface area contributed by atoms with Gasteiger partial charge in [-0.3, -0.25) is 9.69 Å². The first-order valence-corrected chi connectivity index (χ1v) is 8.97. The average molecular weight is 378 g/mol. The molecule has 10 heteroatoms. The van der Waals surface area contributed by atoms with E-state index >= 15 is 0 Å². The number of hydrogen-bond acceptors (Lipinski definition) is 4. The lowest BCUT2D eigenvalue weighted by molar-refractivity contribution is -0.190. The molecule has 3 rings (SSSR count). The van der Waals surface area contributed by atoms with Crippen LogP contribution in [0.15, 0.2) is 0 Å². The Kier molecular flexibility index (Phi) is 5.61. The van der Waals surface area contributed by atoms with Gasteiger partial charge in [-0.15, -0.1) is 0 Å². The number of nitrogens with one attached hydrogen (secondary N) is 2. The third-order valence-electron chi connectivity index (χ3n) is 5.62. The highest BCUT2D eigenvalue weighted by Crippen LogP contribution is 2.37. The molecule has 3 heterocycles. The van der Waals surface area contributed by atoms with E-state index in [4.69, 9.17) is 4.74 Å². The fourth-order valence-corrected chi connectivity index (χ4v) is 3.93. The maximum atomic E-state index is 13.3. The number of nitrogens with zero attached hydrogens (tertiary/aromatic N) is 2. The molecule has 3 amide bonds. The first-order valence-electron chi connectivity index (χ1n) is 8.97. The van der Waals surface area contributed by atoms with Crippen LogP contribution in [-0.2, 0) is 9.53 Å². The first-order chi connectivity index (χ1) is 12.3. The number of morpholine rings is 1. The number of halogens is 3. The predicted molar refractivity (Wildman–Crippen MR) is 86.5 cm³/mol. The van der Waals surface area contributed by atoms with Crippen LogP contribution >= 0.6 is 0 Å². The molecule has 3 aliphatic rings. The van der Waals surface area contributed by atoms with Gasteiger partial charge in [0.2, 0.25) is 5.91 Å². The summed E-state index contributed by atoms with van der Waals surface area (Å²) in [5, 5.41) is 5.26. The van der Waals surface area contributed by atoms with Crippen molar-refractivity contribution in [2.75, 3.05) is 52.5 Å². The van der Waals surface area contributed by atoms with Gasteiger partial charge >= 0.3 is 12.2 Å². The summed E-state index contributed by atoms with van der Waals surface area (Å²) in [6.45, 7) is 1.99. The minimum absolute atomic E-state index is 0.0291. The molecule has 3 saturated heterocycles. The zero-order chi connectivity index (χ0) is 18.8. The van der Waals surface area contributed by atoms with Crippen molar-refractivity contribution >= 4 is 11.9 Å². The maximum absolute atomic E-state index is 13.3. The summed E-state index contributed by atoms with van der Waals surface area (Å²) in [6, 6.07) is -2.18. The Morgan fingerprint density at radius 3 is 2.42 bits per heavy atom. The van der Waals surface area contributed by atoms with Crippen LogP contribution < -0.4 is 10.6 Å². The largest absolute Gasteiger partial charge is 0.405 e. The van der Waals surface area contributed by atoms with Crippen LogP contribution in [0.25, 0.3) is 0 Å². The molecule has 1 spiro atoms. The fourth-order valence-electron chi connectivity index (χ4n) is 3.93. The Morgan fingerprint density at radius 1 is 1.23 bits per heavy atom. The quantitative estimate of drug-likeness (QED) is 0.753. The number of alkyl halides is 3. The number of urea groups is 1. The van der Waals surface area contributed by atoms with Gasteiger partial charge in [0.25, 0.3) is 0 Å². The van der Waals surface area contributed by atoms with Gasteiger partial charge in [-0.2, -0.15) is 13.2 Å². The number of ether oxygens (including phenoxy) is 1. The number of likely N-dealkylation sites (tertiary alicyclic amines) is 1. The lowest BCUT2D eigenvalue weighted by Crippen LogP contribution is -2.57. The van der Waals surface area contributed by atoms with Crippen LogP contribution in [0.4, 0.5) is 18.0 Å². The number of carbonyl (C=O) groups excluding carboxylic acids is 2. The number of carbonyl (C=O) groups is 2. The summed E-state index contributed by atoms with van der Waals surface area (Å²) < 4.78 is 45.1. The molecule has 3 fully saturated rings. The van der Waals surface area contributed by atoms with E-state index in [1.807, 2.05) is 0 Å². The number of piperidine rings is 1. The van der Waals surface area contributed by atoms with Crippen LogP contribution in [0.2, 0.25) is 0 Å². The molecule has 3 aliphatic heterocycles. The molecule has 0 bridgehead atoms. The van der Waals surface area contributed by atoms with Crippen LogP contribution in [0.5, 0.6) is 0 Å². The molecule has 2 N–H and O–H groups in total. The standard InChI is InChI=1S/C16H25F3N4O3/c17-16(18,19)12(22-5-7-26-8-6-22)10-20-14(25)23-3-1-15(2-4-23)9-13(24)21-11-15/h12H,1-11H2,(H,20,25)(H,21,24). The van der Waals surface area contributed by atoms with E-state index in [1.165, 1.54) is 4.90 Å². The molecule has 1 atom stereocenters. The molecule has 7 nitrogen and oxygen atoms in total. The van der Waals surface area contributed by atoms with E-state index in [1.54, 1.807) is 4.90 Å². The molecule has 1 unspecified atom stereocenters. The molecule has 26 heavy (non-hydrogen) atoms. The summed E-state index contributed by atoms with van der Waals surface area (Å²) in [7, 11) is 0. The Balaban J connectivity index is 1.50. The third-order valence-corrected chi connectivity index (χ3v) is 5.62. The van der Waals surface area contributed by atoms with Crippen molar-refractivity contribution in [3.63, 3.8) is 0 Å². The summed E-state index contributed by atoms with van der Waals surface area (Å²) in [5.41, 5.74) is -0.101. The second kappa shape index (κ2) is 7.59. The zero-order valence-electron chi connectivity index (χ0n) is 14.6. The predicted octanol–water partition coefficient (Wildman–Crippen LogP) is 0.561. The number of hydrogen-bond donors (Lipinski definition) is 2. The van der Waals surface area contributed by atoms with E-state index in [0.717, 1.165) is 0 Å². The van der Waals surface area contributed by atoms with Gasteiger partial charge in [-0.1, -0.05) is 0 Å². The van der Waals surface area contributed by atoms with Crippen LogP contribution in [0.1, 0.15) is 19.3 Å². The fraction of sp³-hybridized carbons (Fsp3) is 0.875. The molecule has 148 valence electrons. The Morgan fingerprint density at radius 2 is 1.88 bits per heavy atom. The first kappa shape index (κ1) is 19.2. The minimum Gasteiger partial charge on any atom is -0.379 e. The van der Waals surface area contributed by atoms with E-state index in [9.17, 15) is 22.8 Å². The molecule has 0 saturated carbocycles. The molecular weight excluding hydrogens is 353 g/mol. The highest BCUT2D eigenvalue weighted by Gasteiger charge is 2.45. The van der Waals surface area contributed by atoms with Gasteiger partial charge in [-0.05, 0) is 18.3 Å². The monoisotopic (exact) mass is 378 g/mol. The molecule has 0 aromatic rings. The highest BCUT2D eigenvalue weighted by atomic mass is 19.4. The summed E-state index contributed by atoms with van der Waals surface area (Å²) >= 11 is 0. The second-order valence-corrected chi connectivity index (χ2v) is 7.33. The van der Waals surface area contributed by atoms with Crippen molar-refractivity contribution in [1.82, 2.24) is 20.4 Å². The van der Waals surface area contributed by atoms with Crippen molar-refractivity contribution in [2.24, 2.45) is 5.41 Å². The molecule has 0 aliphatic carbocycles. The molecule has 0 aromatic heterocycles. The lowest BCUT2D eigenvalue weighted by Gasteiger charge is -2.39. The summed E-state index contributed by atoms with van der Waals surface area (Å²) in [4.78, 5) is 26.6. The topological polar surface area (TPSA) is 73.9 Å². The minimum atomic E-state index is -4.41. The third kappa shape index (κ3) is 4.40. The zero-order valence-corrected chi connectivity index (χ0v) is 14.6. The SMILES string of the molecule is O=C1CC2(CCN(C(=O)NCC(N3CCOCC3)C(F)(F)F)CC2)CN1. The van der Waals surface area contributed by atoms with Gasteiger partial charge in [0.15, 0.2) is 0 Å².